The van der Waals surface area contributed by atoms with Gasteiger partial charge >= 0.3 is 0 Å². The predicted molar refractivity (Wildman–Crippen MR) is 109 cm³/mol. The van der Waals surface area contributed by atoms with Crippen LogP contribution in [0.3, 0.4) is 0 Å². The fourth-order valence-corrected chi connectivity index (χ4v) is 5.34. The Labute approximate surface area is 165 Å². The number of hydrogen-bond acceptors (Lipinski definition) is 5. The van der Waals surface area contributed by atoms with Crippen molar-refractivity contribution in [3.63, 3.8) is 0 Å². The molecule has 0 N–H and O–H groups in total. The van der Waals surface area contributed by atoms with E-state index in [0.29, 0.717) is 19.5 Å². The molecule has 1 saturated heterocycles. The fourth-order valence-electron chi connectivity index (χ4n) is 3.78. The summed E-state index contributed by atoms with van der Waals surface area (Å²) in [5.41, 5.74) is 2.55. The van der Waals surface area contributed by atoms with Gasteiger partial charge in [-0.1, -0.05) is 6.92 Å². The van der Waals surface area contributed by atoms with Gasteiger partial charge in [-0.2, -0.15) is 4.31 Å². The van der Waals surface area contributed by atoms with Crippen LogP contribution in [0, 0.1) is 0 Å². The van der Waals surface area contributed by atoms with Gasteiger partial charge in [-0.05, 0) is 49.2 Å². The molecule has 7 nitrogen and oxygen atoms in total. The van der Waals surface area contributed by atoms with Crippen molar-refractivity contribution in [3.05, 3.63) is 42.6 Å². The lowest BCUT2D eigenvalue weighted by molar-refractivity contribution is 0.415. The van der Waals surface area contributed by atoms with E-state index in [-0.39, 0.29) is 11.8 Å². The molecule has 1 atom stereocenters. The number of methoxy groups -OCH3 is 1. The number of pyridine rings is 1. The zero-order valence-corrected chi connectivity index (χ0v) is 16.9. The molecule has 1 aliphatic heterocycles. The standard InChI is InChI=1S/C20H24N4O3S/c1-3-13-28(25,26)23-12-10-16(14-23)24-19(15-6-8-17(27-2)9-7-15)22-18-5-4-11-21-20(18)24/h4-9,11,16H,3,10,12-14H2,1-2H3. The van der Waals surface area contributed by atoms with Crippen LogP contribution in [-0.2, 0) is 10.0 Å². The van der Waals surface area contributed by atoms with E-state index in [0.717, 1.165) is 34.7 Å². The molecule has 2 aromatic heterocycles. The maximum atomic E-state index is 12.5. The number of nitrogens with zero attached hydrogens (tertiary/aromatic N) is 4. The van der Waals surface area contributed by atoms with Crippen molar-refractivity contribution in [1.29, 1.82) is 0 Å². The van der Waals surface area contributed by atoms with Crippen LogP contribution < -0.4 is 4.74 Å². The summed E-state index contributed by atoms with van der Waals surface area (Å²) in [5, 5.41) is 0. The van der Waals surface area contributed by atoms with E-state index in [4.69, 9.17) is 9.72 Å². The summed E-state index contributed by atoms with van der Waals surface area (Å²) in [6, 6.07) is 11.5. The molecule has 28 heavy (non-hydrogen) atoms. The zero-order valence-electron chi connectivity index (χ0n) is 16.1. The second-order valence-corrected chi connectivity index (χ2v) is 9.09. The monoisotopic (exact) mass is 400 g/mol. The Hall–Kier alpha value is -2.45. The average Bonchev–Trinajstić information content (AvgIpc) is 3.33. The third kappa shape index (κ3) is 3.38. The van der Waals surface area contributed by atoms with E-state index in [2.05, 4.69) is 9.55 Å². The van der Waals surface area contributed by atoms with Crippen molar-refractivity contribution >= 4 is 21.2 Å². The van der Waals surface area contributed by atoms with Crippen LogP contribution in [0.5, 0.6) is 5.75 Å². The van der Waals surface area contributed by atoms with Crippen LogP contribution >= 0.6 is 0 Å². The molecule has 0 amide bonds. The first-order valence-electron chi connectivity index (χ1n) is 9.48. The minimum atomic E-state index is -3.21. The minimum absolute atomic E-state index is 0.00336. The van der Waals surface area contributed by atoms with E-state index >= 15 is 0 Å². The van der Waals surface area contributed by atoms with Gasteiger partial charge in [0.2, 0.25) is 10.0 Å². The molecule has 8 heteroatoms. The lowest BCUT2D eigenvalue weighted by Crippen LogP contribution is -2.31. The first-order chi connectivity index (χ1) is 13.5. The first kappa shape index (κ1) is 18.9. The van der Waals surface area contributed by atoms with Gasteiger partial charge in [0, 0.05) is 24.8 Å². The van der Waals surface area contributed by atoms with Gasteiger partial charge < -0.3 is 9.30 Å². The topological polar surface area (TPSA) is 77.3 Å². The average molecular weight is 401 g/mol. The number of sulfonamides is 1. The normalized spacial score (nSPS) is 18.0. The Morgan fingerprint density at radius 1 is 1.21 bits per heavy atom. The largest absolute Gasteiger partial charge is 0.497 e. The summed E-state index contributed by atoms with van der Waals surface area (Å²) in [6.07, 6.45) is 3.11. The molecule has 4 rings (SSSR count). The lowest BCUT2D eigenvalue weighted by atomic mass is 10.2. The van der Waals surface area contributed by atoms with E-state index < -0.39 is 10.0 Å². The number of aromatic nitrogens is 3. The van der Waals surface area contributed by atoms with Crippen LogP contribution in [0.2, 0.25) is 0 Å². The molecular weight excluding hydrogens is 376 g/mol. The zero-order chi connectivity index (χ0) is 19.7. The highest BCUT2D eigenvalue weighted by molar-refractivity contribution is 7.89. The summed E-state index contributed by atoms with van der Waals surface area (Å²) in [5.74, 6) is 1.77. The number of imidazole rings is 1. The third-order valence-corrected chi connectivity index (χ3v) is 7.19. The molecular formula is C20H24N4O3S. The van der Waals surface area contributed by atoms with Crippen molar-refractivity contribution in [3.8, 4) is 17.1 Å². The molecule has 1 aromatic carbocycles. The van der Waals surface area contributed by atoms with Crippen molar-refractivity contribution in [1.82, 2.24) is 18.8 Å². The Morgan fingerprint density at radius 2 is 2.00 bits per heavy atom. The predicted octanol–water partition coefficient (Wildman–Crippen LogP) is 3.09. The molecule has 0 bridgehead atoms. The van der Waals surface area contributed by atoms with E-state index in [1.165, 1.54) is 0 Å². The molecule has 3 heterocycles. The van der Waals surface area contributed by atoms with E-state index in [1.54, 1.807) is 17.6 Å². The van der Waals surface area contributed by atoms with Crippen molar-refractivity contribution in [2.24, 2.45) is 0 Å². The highest BCUT2D eigenvalue weighted by Crippen LogP contribution is 2.33. The first-order valence-corrected chi connectivity index (χ1v) is 11.1. The number of fused-ring (bicyclic) bond motifs is 1. The van der Waals surface area contributed by atoms with Crippen molar-refractivity contribution in [2.75, 3.05) is 26.0 Å². The number of ether oxygens (including phenoxy) is 1. The molecule has 1 unspecified atom stereocenters. The summed E-state index contributed by atoms with van der Waals surface area (Å²) in [6.45, 7) is 2.87. The van der Waals surface area contributed by atoms with Gasteiger partial charge in [-0.3, -0.25) is 0 Å². The molecule has 148 valence electrons. The summed E-state index contributed by atoms with van der Waals surface area (Å²) >= 11 is 0. The van der Waals surface area contributed by atoms with Gasteiger partial charge in [-0.25, -0.2) is 18.4 Å². The molecule has 0 radical (unpaired) electrons. The van der Waals surface area contributed by atoms with Crippen molar-refractivity contribution < 1.29 is 13.2 Å². The molecule has 1 aliphatic rings. The summed E-state index contributed by atoms with van der Waals surface area (Å²) in [4.78, 5) is 9.34. The van der Waals surface area contributed by atoms with Crippen LogP contribution in [0.25, 0.3) is 22.6 Å². The van der Waals surface area contributed by atoms with Gasteiger partial charge in [0.05, 0.1) is 18.9 Å². The van der Waals surface area contributed by atoms with E-state index in [1.807, 2.05) is 43.3 Å². The van der Waals surface area contributed by atoms with Gasteiger partial charge in [0.15, 0.2) is 5.65 Å². The maximum absolute atomic E-state index is 12.5. The summed E-state index contributed by atoms with van der Waals surface area (Å²) < 4.78 is 34.0. The SMILES string of the molecule is CCCS(=O)(=O)N1CCC(n2c(-c3ccc(OC)cc3)nc3cccnc32)C1. The molecule has 0 aliphatic carbocycles. The summed E-state index contributed by atoms with van der Waals surface area (Å²) in [7, 11) is -1.57. The molecule has 0 saturated carbocycles. The number of rotatable bonds is 6. The van der Waals surface area contributed by atoms with Crippen LogP contribution in [-0.4, -0.2) is 53.2 Å². The number of benzene rings is 1. The Kier molecular flexibility index (Phi) is 5.07. The van der Waals surface area contributed by atoms with Crippen LogP contribution in [0.15, 0.2) is 42.6 Å². The molecule has 1 fully saturated rings. The van der Waals surface area contributed by atoms with Gasteiger partial charge in [0.25, 0.3) is 0 Å². The van der Waals surface area contributed by atoms with Crippen LogP contribution in [0.4, 0.5) is 0 Å². The van der Waals surface area contributed by atoms with Crippen molar-refractivity contribution in [2.45, 2.75) is 25.8 Å². The van der Waals surface area contributed by atoms with Crippen LogP contribution in [0.1, 0.15) is 25.8 Å². The van der Waals surface area contributed by atoms with E-state index in [9.17, 15) is 8.42 Å². The highest BCUT2D eigenvalue weighted by Gasteiger charge is 2.34. The second kappa shape index (κ2) is 7.52. The van der Waals surface area contributed by atoms with Gasteiger partial charge in [0.1, 0.15) is 17.1 Å². The molecule has 0 spiro atoms. The number of hydrogen-bond donors (Lipinski definition) is 0. The maximum Gasteiger partial charge on any atom is 0.214 e. The Balaban J connectivity index is 1.76. The second-order valence-electron chi connectivity index (χ2n) is 7.00. The smallest absolute Gasteiger partial charge is 0.214 e. The minimum Gasteiger partial charge on any atom is -0.497 e. The van der Waals surface area contributed by atoms with Gasteiger partial charge in [-0.15, -0.1) is 0 Å². The third-order valence-electron chi connectivity index (χ3n) is 5.14. The Bertz CT molecular complexity index is 1080. The fraction of sp³-hybridized carbons (Fsp3) is 0.400. The Morgan fingerprint density at radius 3 is 2.71 bits per heavy atom. The highest BCUT2D eigenvalue weighted by atomic mass is 32.2. The molecule has 3 aromatic rings. The quantitative estimate of drug-likeness (QED) is 0.635. The lowest BCUT2D eigenvalue weighted by Gasteiger charge is -2.18.